The zero-order valence-corrected chi connectivity index (χ0v) is 13.4. The van der Waals surface area contributed by atoms with Crippen LogP contribution in [0.25, 0.3) is 11.3 Å². The van der Waals surface area contributed by atoms with Crippen molar-refractivity contribution in [2.75, 3.05) is 5.32 Å². The SMILES string of the molecule is Cn1cc(CNc2cc(Cl)ccc2C#N)c(-c2ccccc2)n1. The van der Waals surface area contributed by atoms with Crippen molar-refractivity contribution < 1.29 is 0 Å². The first-order chi connectivity index (χ1) is 11.2. The fourth-order valence-electron chi connectivity index (χ4n) is 2.46. The second-order valence-corrected chi connectivity index (χ2v) is 5.63. The zero-order valence-electron chi connectivity index (χ0n) is 12.6. The molecule has 1 N–H and O–H groups in total. The maximum atomic E-state index is 9.19. The van der Waals surface area contributed by atoms with Gasteiger partial charge in [-0.15, -0.1) is 0 Å². The van der Waals surface area contributed by atoms with E-state index in [4.69, 9.17) is 11.6 Å². The second-order valence-electron chi connectivity index (χ2n) is 5.20. The number of nitrogens with one attached hydrogen (secondary N) is 1. The van der Waals surface area contributed by atoms with E-state index in [9.17, 15) is 5.26 Å². The number of aryl methyl sites for hydroxylation is 1. The van der Waals surface area contributed by atoms with Crippen LogP contribution >= 0.6 is 11.6 Å². The highest BCUT2D eigenvalue weighted by molar-refractivity contribution is 6.30. The lowest BCUT2D eigenvalue weighted by Gasteiger charge is -2.09. The number of benzene rings is 2. The molecule has 0 saturated heterocycles. The van der Waals surface area contributed by atoms with Gasteiger partial charge in [0.05, 0.1) is 16.9 Å². The summed E-state index contributed by atoms with van der Waals surface area (Å²) in [6.45, 7) is 0.563. The highest BCUT2D eigenvalue weighted by atomic mass is 35.5. The fourth-order valence-corrected chi connectivity index (χ4v) is 2.63. The van der Waals surface area contributed by atoms with Crippen LogP contribution in [0.1, 0.15) is 11.1 Å². The van der Waals surface area contributed by atoms with Crippen molar-refractivity contribution in [2.45, 2.75) is 6.54 Å². The number of hydrogen-bond donors (Lipinski definition) is 1. The van der Waals surface area contributed by atoms with Gasteiger partial charge in [0.15, 0.2) is 0 Å². The van der Waals surface area contributed by atoms with Gasteiger partial charge in [0.1, 0.15) is 6.07 Å². The van der Waals surface area contributed by atoms with Crippen LogP contribution in [0.5, 0.6) is 0 Å². The lowest BCUT2D eigenvalue weighted by Crippen LogP contribution is -2.02. The molecule has 0 radical (unpaired) electrons. The third-order valence-electron chi connectivity index (χ3n) is 3.52. The Morgan fingerprint density at radius 2 is 2.00 bits per heavy atom. The van der Waals surface area contributed by atoms with Crippen molar-refractivity contribution in [3.05, 3.63) is 70.9 Å². The average Bonchev–Trinajstić information content (AvgIpc) is 2.95. The molecule has 5 heteroatoms. The summed E-state index contributed by atoms with van der Waals surface area (Å²) in [4.78, 5) is 0. The van der Waals surface area contributed by atoms with E-state index in [1.807, 2.05) is 43.6 Å². The molecule has 0 unspecified atom stereocenters. The minimum Gasteiger partial charge on any atom is -0.380 e. The molecule has 0 aliphatic carbocycles. The summed E-state index contributed by atoms with van der Waals surface area (Å²) in [7, 11) is 1.90. The Balaban J connectivity index is 1.88. The van der Waals surface area contributed by atoms with E-state index in [0.29, 0.717) is 17.1 Å². The summed E-state index contributed by atoms with van der Waals surface area (Å²) in [5, 5.41) is 17.6. The molecule has 4 nitrogen and oxygen atoms in total. The molecule has 0 saturated carbocycles. The summed E-state index contributed by atoms with van der Waals surface area (Å²) >= 11 is 6.02. The zero-order chi connectivity index (χ0) is 16.2. The van der Waals surface area contributed by atoms with Gasteiger partial charge < -0.3 is 5.32 Å². The normalized spacial score (nSPS) is 10.3. The monoisotopic (exact) mass is 322 g/mol. The molecule has 0 atom stereocenters. The second kappa shape index (κ2) is 6.55. The maximum absolute atomic E-state index is 9.19. The van der Waals surface area contributed by atoms with Crippen LogP contribution < -0.4 is 5.32 Å². The molecule has 23 heavy (non-hydrogen) atoms. The third-order valence-corrected chi connectivity index (χ3v) is 3.76. The van der Waals surface area contributed by atoms with E-state index >= 15 is 0 Å². The molecule has 0 aliphatic rings. The molecule has 0 amide bonds. The summed E-state index contributed by atoms with van der Waals surface area (Å²) in [6, 6.07) is 17.4. The quantitative estimate of drug-likeness (QED) is 0.782. The van der Waals surface area contributed by atoms with Gasteiger partial charge in [-0.05, 0) is 18.2 Å². The van der Waals surface area contributed by atoms with Crippen LogP contribution in [0, 0.1) is 11.3 Å². The number of halogens is 1. The van der Waals surface area contributed by atoms with Crippen LogP contribution in [-0.4, -0.2) is 9.78 Å². The van der Waals surface area contributed by atoms with E-state index in [1.54, 1.807) is 22.9 Å². The van der Waals surface area contributed by atoms with Crippen molar-refractivity contribution >= 4 is 17.3 Å². The van der Waals surface area contributed by atoms with Gasteiger partial charge in [-0.3, -0.25) is 4.68 Å². The molecule has 0 spiro atoms. The van der Waals surface area contributed by atoms with E-state index in [1.165, 1.54) is 0 Å². The van der Waals surface area contributed by atoms with Crippen LogP contribution in [0.4, 0.5) is 5.69 Å². The summed E-state index contributed by atoms with van der Waals surface area (Å²) in [6.07, 6.45) is 1.98. The van der Waals surface area contributed by atoms with Crippen molar-refractivity contribution in [1.82, 2.24) is 9.78 Å². The van der Waals surface area contributed by atoms with Gasteiger partial charge in [-0.2, -0.15) is 10.4 Å². The predicted octanol–water partition coefficient (Wildman–Crippen LogP) is 4.22. The number of nitrogens with zero attached hydrogens (tertiary/aromatic N) is 3. The first-order valence-electron chi connectivity index (χ1n) is 7.19. The fraction of sp³-hybridized carbons (Fsp3) is 0.111. The van der Waals surface area contributed by atoms with Gasteiger partial charge in [-0.1, -0.05) is 41.9 Å². The van der Waals surface area contributed by atoms with E-state index in [-0.39, 0.29) is 0 Å². The Labute approximate surface area is 139 Å². The van der Waals surface area contributed by atoms with Crippen LogP contribution in [0.2, 0.25) is 5.02 Å². The Morgan fingerprint density at radius 3 is 2.74 bits per heavy atom. The first-order valence-corrected chi connectivity index (χ1v) is 7.56. The largest absolute Gasteiger partial charge is 0.380 e. The molecule has 1 heterocycles. The molecule has 114 valence electrons. The van der Waals surface area contributed by atoms with Crippen molar-refractivity contribution in [3.8, 4) is 17.3 Å². The maximum Gasteiger partial charge on any atom is 0.101 e. The number of rotatable bonds is 4. The average molecular weight is 323 g/mol. The van der Waals surface area contributed by atoms with Gasteiger partial charge in [0.25, 0.3) is 0 Å². The number of hydrogen-bond acceptors (Lipinski definition) is 3. The van der Waals surface area contributed by atoms with E-state index < -0.39 is 0 Å². The summed E-state index contributed by atoms with van der Waals surface area (Å²) in [5.41, 5.74) is 4.35. The van der Waals surface area contributed by atoms with Gasteiger partial charge in [0, 0.05) is 35.9 Å². The van der Waals surface area contributed by atoms with Gasteiger partial charge >= 0.3 is 0 Å². The highest BCUT2D eigenvalue weighted by Crippen LogP contribution is 2.25. The molecule has 0 bridgehead atoms. The molecule has 1 aromatic heterocycles. The molecule has 2 aromatic carbocycles. The molecular formula is C18H15ClN4. The Kier molecular flexibility index (Phi) is 4.31. The first kappa shape index (κ1) is 15.1. The molecule has 0 aliphatic heterocycles. The third kappa shape index (κ3) is 3.36. The van der Waals surface area contributed by atoms with Crippen molar-refractivity contribution in [2.24, 2.45) is 7.05 Å². The lowest BCUT2D eigenvalue weighted by molar-refractivity contribution is 0.770. The van der Waals surface area contributed by atoms with E-state index in [2.05, 4.69) is 16.5 Å². The lowest BCUT2D eigenvalue weighted by atomic mass is 10.1. The topological polar surface area (TPSA) is 53.6 Å². The Bertz CT molecular complexity index is 862. The van der Waals surface area contributed by atoms with Crippen molar-refractivity contribution in [3.63, 3.8) is 0 Å². The van der Waals surface area contributed by atoms with Crippen molar-refractivity contribution in [1.29, 1.82) is 5.26 Å². The number of anilines is 1. The summed E-state index contributed by atoms with van der Waals surface area (Å²) in [5.74, 6) is 0. The van der Waals surface area contributed by atoms with Crippen LogP contribution in [0.15, 0.2) is 54.7 Å². The minimum absolute atomic E-state index is 0.563. The van der Waals surface area contributed by atoms with E-state index in [0.717, 1.165) is 22.5 Å². The van der Waals surface area contributed by atoms with Gasteiger partial charge in [0.2, 0.25) is 0 Å². The van der Waals surface area contributed by atoms with Crippen LogP contribution in [0.3, 0.4) is 0 Å². The predicted molar refractivity (Wildman–Crippen MR) is 92.1 cm³/mol. The number of nitriles is 1. The highest BCUT2D eigenvalue weighted by Gasteiger charge is 2.11. The molecular weight excluding hydrogens is 308 g/mol. The van der Waals surface area contributed by atoms with Gasteiger partial charge in [-0.25, -0.2) is 0 Å². The number of aromatic nitrogens is 2. The molecule has 3 rings (SSSR count). The minimum atomic E-state index is 0.563. The smallest absolute Gasteiger partial charge is 0.101 e. The Hall–Kier alpha value is -2.77. The summed E-state index contributed by atoms with van der Waals surface area (Å²) < 4.78 is 1.79. The standard InChI is InChI=1S/C18H15ClN4/c1-23-12-15(18(22-23)13-5-3-2-4-6-13)11-21-17-9-16(19)8-7-14(17)10-20/h2-9,12,21H,11H2,1H3. The Morgan fingerprint density at radius 1 is 1.22 bits per heavy atom. The molecule has 0 fully saturated rings. The molecule has 3 aromatic rings. The van der Waals surface area contributed by atoms with Crippen LogP contribution in [-0.2, 0) is 13.6 Å².